The van der Waals surface area contributed by atoms with Crippen LogP contribution in [0.2, 0.25) is 0 Å². The fourth-order valence-electron chi connectivity index (χ4n) is 11.0. The third kappa shape index (κ3) is 3.62. The van der Waals surface area contributed by atoms with Crippen LogP contribution in [0.25, 0.3) is 33.4 Å². The summed E-state index contributed by atoms with van der Waals surface area (Å²) in [5, 5.41) is 0. The van der Waals surface area contributed by atoms with Crippen molar-refractivity contribution in [1.29, 1.82) is 0 Å². The van der Waals surface area contributed by atoms with Crippen molar-refractivity contribution in [1.82, 2.24) is 0 Å². The summed E-state index contributed by atoms with van der Waals surface area (Å²) in [4.78, 5) is 0. The van der Waals surface area contributed by atoms with Gasteiger partial charge in [-0.05, 0) is 139 Å². The van der Waals surface area contributed by atoms with E-state index in [9.17, 15) is 0 Å². The van der Waals surface area contributed by atoms with E-state index in [0.29, 0.717) is 7.48 Å². The molecule has 10 rings (SSSR count). The fourth-order valence-corrected chi connectivity index (χ4v) is 11.0. The van der Waals surface area contributed by atoms with E-state index in [0.717, 1.165) is 23.7 Å². The van der Waals surface area contributed by atoms with E-state index < -0.39 is 5.60 Å². The Kier molecular flexibility index (Phi) is 5.99. The highest BCUT2D eigenvalue weighted by atomic mass is 16.5. The number of ether oxygens (including phenoxy) is 1. The molecule has 234 valence electrons. The van der Waals surface area contributed by atoms with E-state index in [1.54, 1.807) is 18.2 Å². The number of methoxy groups -OCH3 is 1. The minimum Gasteiger partial charge on any atom is -0.427 e. The SMILES string of the molecule is COC(C)(C)C(C)(C)OBc1ccc2c(c1)-c1ccc(-c3cccc4c3-c3ccccc3C43C4CC5CC(C4)C3C5)cc1C2(C)C. The van der Waals surface area contributed by atoms with E-state index in [1.165, 1.54) is 75.7 Å². The van der Waals surface area contributed by atoms with Gasteiger partial charge in [-0.1, -0.05) is 92.1 Å². The molecule has 3 heteroatoms. The lowest BCUT2D eigenvalue weighted by Crippen LogP contribution is -2.50. The summed E-state index contributed by atoms with van der Waals surface area (Å²) in [6.07, 6.45) is 5.75. The normalized spacial score (nSPS) is 27.5. The van der Waals surface area contributed by atoms with Crippen LogP contribution in [0.4, 0.5) is 0 Å². The molecule has 0 heterocycles. The second-order valence-corrected chi connectivity index (χ2v) is 16.8. The molecule has 0 N–H and O–H groups in total. The Morgan fingerprint density at radius 2 is 1.46 bits per heavy atom. The van der Waals surface area contributed by atoms with Crippen LogP contribution in [0.15, 0.2) is 78.9 Å². The molecule has 4 bridgehead atoms. The van der Waals surface area contributed by atoms with Crippen LogP contribution >= 0.6 is 0 Å². The van der Waals surface area contributed by atoms with E-state index in [-0.39, 0.29) is 16.4 Å². The molecule has 4 aromatic carbocycles. The minimum atomic E-state index is -0.419. The topological polar surface area (TPSA) is 18.5 Å². The van der Waals surface area contributed by atoms with Crippen molar-refractivity contribution in [3.63, 3.8) is 0 Å². The predicted molar refractivity (Wildman–Crippen MR) is 191 cm³/mol. The first-order chi connectivity index (χ1) is 22.0. The Bertz CT molecular complexity index is 1910. The van der Waals surface area contributed by atoms with Gasteiger partial charge in [0.15, 0.2) is 0 Å². The van der Waals surface area contributed by atoms with Crippen LogP contribution in [0, 0.1) is 23.7 Å². The summed E-state index contributed by atoms with van der Waals surface area (Å²) in [5.41, 5.74) is 15.1. The second-order valence-electron chi connectivity index (χ2n) is 16.8. The molecule has 5 atom stereocenters. The zero-order valence-electron chi connectivity index (χ0n) is 28.7. The lowest BCUT2D eigenvalue weighted by molar-refractivity contribution is -0.114. The van der Waals surface area contributed by atoms with Gasteiger partial charge in [-0.3, -0.25) is 0 Å². The van der Waals surface area contributed by atoms with E-state index in [1.807, 2.05) is 0 Å². The smallest absolute Gasteiger partial charge is 0.309 e. The summed E-state index contributed by atoms with van der Waals surface area (Å²) in [5.74, 6) is 3.49. The zero-order valence-corrected chi connectivity index (χ0v) is 28.7. The molecule has 0 amide bonds. The van der Waals surface area contributed by atoms with Crippen LogP contribution in [0.3, 0.4) is 0 Å². The van der Waals surface area contributed by atoms with Crippen molar-refractivity contribution in [3.05, 3.63) is 101 Å². The Morgan fingerprint density at radius 3 is 2.26 bits per heavy atom. The van der Waals surface area contributed by atoms with Crippen molar-refractivity contribution in [3.8, 4) is 33.4 Å². The number of hydrogen-bond donors (Lipinski definition) is 0. The van der Waals surface area contributed by atoms with Crippen molar-refractivity contribution in [2.45, 2.75) is 89.3 Å². The van der Waals surface area contributed by atoms with Crippen LogP contribution < -0.4 is 5.46 Å². The summed E-state index contributed by atoms with van der Waals surface area (Å²) in [6.45, 7) is 13.2. The third-order valence-corrected chi connectivity index (χ3v) is 14.0. The molecule has 2 nitrogen and oxygen atoms in total. The second kappa shape index (κ2) is 9.48. The summed E-state index contributed by atoms with van der Waals surface area (Å²) < 4.78 is 12.2. The van der Waals surface area contributed by atoms with Gasteiger partial charge in [0.05, 0.1) is 11.2 Å². The molecule has 6 aliphatic carbocycles. The van der Waals surface area contributed by atoms with Gasteiger partial charge in [-0.25, -0.2) is 0 Å². The molecule has 0 radical (unpaired) electrons. The van der Waals surface area contributed by atoms with Gasteiger partial charge in [0, 0.05) is 17.9 Å². The molecule has 46 heavy (non-hydrogen) atoms. The Morgan fingerprint density at radius 1 is 0.674 bits per heavy atom. The Balaban J connectivity index is 1.12. The van der Waals surface area contributed by atoms with Crippen LogP contribution in [-0.2, 0) is 20.2 Å². The maximum Gasteiger partial charge on any atom is 0.309 e. The fraction of sp³-hybridized carbons (Fsp3) is 0.442. The Hall–Kier alpha value is -3.14. The standard InChI is InChI=1S/C43H47BO2/c1-40(2)34-18-16-29(44-46-42(5,6)41(3,4)45-7)24-33(34)31-17-15-26(23-38(31)40)30-12-10-14-36-39(30)32-11-8-9-13-35(32)43(36)28-20-25-19-27(22-28)37(43)21-25/h8-18,23-25,27-28,37,44H,19-22H2,1-7H3. The van der Waals surface area contributed by atoms with Gasteiger partial charge in [-0.2, -0.15) is 0 Å². The first-order valence-corrected chi connectivity index (χ1v) is 17.7. The average Bonchev–Trinajstić information content (AvgIpc) is 3.67. The van der Waals surface area contributed by atoms with Gasteiger partial charge >= 0.3 is 7.48 Å². The summed E-state index contributed by atoms with van der Waals surface area (Å²) in [6, 6.07) is 31.0. The van der Waals surface area contributed by atoms with Crippen molar-refractivity contribution >= 4 is 12.9 Å². The van der Waals surface area contributed by atoms with Gasteiger partial charge in [-0.15, -0.1) is 0 Å². The minimum absolute atomic E-state index is 0.0715. The quantitative estimate of drug-likeness (QED) is 0.204. The highest BCUT2D eigenvalue weighted by molar-refractivity contribution is 6.47. The van der Waals surface area contributed by atoms with Gasteiger partial charge in [0.25, 0.3) is 0 Å². The van der Waals surface area contributed by atoms with Gasteiger partial charge in [0.2, 0.25) is 0 Å². The molecule has 0 aromatic heterocycles. The van der Waals surface area contributed by atoms with Crippen molar-refractivity contribution in [2.24, 2.45) is 23.7 Å². The highest BCUT2D eigenvalue weighted by Crippen LogP contribution is 2.73. The first-order valence-electron chi connectivity index (χ1n) is 17.7. The van der Waals surface area contributed by atoms with Crippen LogP contribution in [0.1, 0.15) is 89.5 Å². The monoisotopic (exact) mass is 606 g/mol. The lowest BCUT2D eigenvalue weighted by Gasteiger charge is -2.43. The molecule has 1 spiro atoms. The zero-order chi connectivity index (χ0) is 31.8. The van der Waals surface area contributed by atoms with Crippen molar-refractivity contribution < 1.29 is 9.39 Å². The lowest BCUT2D eigenvalue weighted by atomic mass is 9.59. The number of fused-ring (bicyclic) bond motifs is 6. The molecular weight excluding hydrogens is 559 g/mol. The molecule has 0 saturated heterocycles. The van der Waals surface area contributed by atoms with Gasteiger partial charge in [0.1, 0.15) is 0 Å². The summed E-state index contributed by atoms with van der Waals surface area (Å²) in [7, 11) is 2.32. The van der Waals surface area contributed by atoms with Crippen molar-refractivity contribution in [2.75, 3.05) is 7.11 Å². The largest absolute Gasteiger partial charge is 0.427 e. The number of hydrogen-bond acceptors (Lipinski definition) is 2. The van der Waals surface area contributed by atoms with Gasteiger partial charge < -0.3 is 9.39 Å². The third-order valence-electron chi connectivity index (χ3n) is 14.0. The number of rotatable bonds is 6. The van der Waals surface area contributed by atoms with E-state index in [2.05, 4.69) is 120 Å². The summed E-state index contributed by atoms with van der Waals surface area (Å²) >= 11 is 0. The number of benzene rings is 4. The molecular formula is C43H47BO2. The maximum absolute atomic E-state index is 6.47. The molecule has 6 aliphatic rings. The van der Waals surface area contributed by atoms with E-state index in [4.69, 9.17) is 9.39 Å². The molecule has 4 aromatic rings. The molecule has 5 unspecified atom stereocenters. The van der Waals surface area contributed by atoms with Crippen LogP contribution in [-0.4, -0.2) is 25.8 Å². The maximum atomic E-state index is 6.47. The molecule has 4 saturated carbocycles. The van der Waals surface area contributed by atoms with E-state index >= 15 is 0 Å². The highest BCUT2D eigenvalue weighted by Gasteiger charge is 2.66. The Labute approximate surface area is 276 Å². The first kappa shape index (κ1) is 29.0. The predicted octanol–water partition coefficient (Wildman–Crippen LogP) is 9.19. The molecule has 0 aliphatic heterocycles. The van der Waals surface area contributed by atoms with Crippen LogP contribution in [0.5, 0.6) is 0 Å². The molecule has 4 fully saturated rings. The average molecular weight is 607 g/mol.